The van der Waals surface area contributed by atoms with Crippen LogP contribution in [0.4, 0.5) is 0 Å². The van der Waals surface area contributed by atoms with Gasteiger partial charge in [-0.25, -0.2) is 0 Å². The molecule has 0 aliphatic rings. The number of unbranched alkanes of at least 4 members (excludes halogenated alkanes) is 22. The summed E-state index contributed by atoms with van der Waals surface area (Å²) in [5.41, 5.74) is 0. The molecule has 0 rings (SSSR count). The quantitative estimate of drug-likeness (QED) is 0.0602. The fourth-order valence-corrected chi connectivity index (χ4v) is 5.47. The van der Waals surface area contributed by atoms with Gasteiger partial charge in [0.1, 0.15) is 6.61 Å². The zero-order valence-corrected chi connectivity index (χ0v) is 28.4. The van der Waals surface area contributed by atoms with Gasteiger partial charge >= 0.3 is 11.9 Å². The molecule has 0 aliphatic carbocycles. The predicted molar refractivity (Wildman–Crippen MR) is 178 cm³/mol. The Morgan fingerprint density at radius 2 is 0.929 bits per heavy atom. The second-order valence-corrected chi connectivity index (χ2v) is 12.9. The summed E-state index contributed by atoms with van der Waals surface area (Å²) in [7, 11) is 0. The molecule has 5 heteroatoms. The van der Waals surface area contributed by atoms with Gasteiger partial charge in [0, 0.05) is 12.8 Å². The van der Waals surface area contributed by atoms with Gasteiger partial charge in [-0.2, -0.15) is 0 Å². The van der Waals surface area contributed by atoms with Crippen LogP contribution in [0.15, 0.2) is 0 Å². The third-order valence-electron chi connectivity index (χ3n) is 8.69. The van der Waals surface area contributed by atoms with E-state index in [1.54, 1.807) is 0 Å². The van der Waals surface area contributed by atoms with E-state index in [-0.39, 0.29) is 25.2 Å². The maximum absolute atomic E-state index is 12.1. The number of esters is 2. The van der Waals surface area contributed by atoms with E-state index in [9.17, 15) is 14.7 Å². The number of hydrogen-bond acceptors (Lipinski definition) is 5. The maximum atomic E-state index is 12.1. The van der Waals surface area contributed by atoms with Gasteiger partial charge in [0.15, 0.2) is 6.10 Å². The Bertz CT molecular complexity index is 579. The highest BCUT2D eigenvalue weighted by atomic mass is 16.6. The summed E-state index contributed by atoms with van der Waals surface area (Å²) >= 11 is 0. The summed E-state index contributed by atoms with van der Waals surface area (Å²) in [5, 5.41) is 9.51. The Labute approximate surface area is 261 Å². The van der Waals surface area contributed by atoms with Crippen LogP contribution >= 0.6 is 0 Å². The fourth-order valence-electron chi connectivity index (χ4n) is 5.47. The SMILES string of the molecule is CCCCCCCCCCCCC(=O)OC[C@H](CO)OC(=O)CCCCCCCCCCCCCCCCC(C)CC. The van der Waals surface area contributed by atoms with E-state index in [1.165, 1.54) is 128 Å². The molecule has 2 atom stereocenters. The van der Waals surface area contributed by atoms with Gasteiger partial charge in [0.25, 0.3) is 0 Å². The van der Waals surface area contributed by atoms with Crippen molar-refractivity contribution in [1.29, 1.82) is 0 Å². The van der Waals surface area contributed by atoms with E-state index < -0.39 is 6.10 Å². The summed E-state index contributed by atoms with van der Waals surface area (Å²) in [6, 6.07) is 0. The number of carbonyl (C=O) groups excluding carboxylic acids is 2. The Hall–Kier alpha value is -1.10. The largest absolute Gasteiger partial charge is 0.462 e. The molecule has 0 saturated heterocycles. The molecule has 1 unspecified atom stereocenters. The van der Waals surface area contributed by atoms with Gasteiger partial charge in [-0.3, -0.25) is 9.59 Å². The Kier molecular flexibility index (Phi) is 31.9. The van der Waals surface area contributed by atoms with Crippen LogP contribution in [0.25, 0.3) is 0 Å². The van der Waals surface area contributed by atoms with Gasteiger partial charge in [-0.15, -0.1) is 0 Å². The fraction of sp³-hybridized carbons (Fsp3) is 0.946. The molecular weight excluding hydrogens is 524 g/mol. The first-order chi connectivity index (χ1) is 20.5. The van der Waals surface area contributed by atoms with Crippen molar-refractivity contribution in [2.24, 2.45) is 5.92 Å². The van der Waals surface area contributed by atoms with Crippen molar-refractivity contribution in [2.75, 3.05) is 13.2 Å². The molecule has 0 fully saturated rings. The van der Waals surface area contributed by atoms with E-state index in [0.717, 1.165) is 44.4 Å². The number of aliphatic hydroxyl groups is 1. The van der Waals surface area contributed by atoms with Crippen molar-refractivity contribution in [2.45, 2.75) is 207 Å². The Balaban J connectivity index is 3.50. The first-order valence-corrected chi connectivity index (χ1v) is 18.5. The number of aliphatic hydroxyl groups excluding tert-OH is 1. The molecule has 0 aliphatic heterocycles. The smallest absolute Gasteiger partial charge is 0.306 e. The summed E-state index contributed by atoms with van der Waals surface area (Å²) < 4.78 is 10.6. The van der Waals surface area contributed by atoms with Crippen molar-refractivity contribution in [3.8, 4) is 0 Å². The monoisotopic (exact) mass is 597 g/mol. The zero-order chi connectivity index (χ0) is 30.9. The summed E-state index contributed by atoms with van der Waals surface area (Å²) in [4.78, 5) is 24.1. The highest BCUT2D eigenvalue weighted by Crippen LogP contribution is 2.16. The van der Waals surface area contributed by atoms with Gasteiger partial charge in [-0.05, 0) is 18.8 Å². The third kappa shape index (κ3) is 30.4. The van der Waals surface area contributed by atoms with Crippen molar-refractivity contribution in [3.63, 3.8) is 0 Å². The predicted octanol–water partition coefficient (Wildman–Crippen LogP) is 11.0. The van der Waals surface area contributed by atoms with E-state index in [4.69, 9.17) is 9.47 Å². The van der Waals surface area contributed by atoms with Crippen molar-refractivity contribution in [3.05, 3.63) is 0 Å². The lowest BCUT2D eigenvalue weighted by Crippen LogP contribution is -2.28. The molecule has 0 aromatic carbocycles. The van der Waals surface area contributed by atoms with Crippen LogP contribution in [0.3, 0.4) is 0 Å². The van der Waals surface area contributed by atoms with E-state index in [2.05, 4.69) is 20.8 Å². The summed E-state index contributed by atoms with van der Waals surface area (Å²) in [6.45, 7) is 6.52. The lowest BCUT2D eigenvalue weighted by atomic mass is 9.99. The van der Waals surface area contributed by atoms with Crippen LogP contribution in [-0.4, -0.2) is 36.4 Å². The average Bonchev–Trinajstić information content (AvgIpc) is 2.99. The molecule has 0 heterocycles. The summed E-state index contributed by atoms with van der Waals surface area (Å²) in [5.74, 6) is 0.321. The van der Waals surface area contributed by atoms with E-state index in [1.807, 2.05) is 0 Å². The van der Waals surface area contributed by atoms with Gasteiger partial charge in [0.05, 0.1) is 6.61 Å². The van der Waals surface area contributed by atoms with Crippen molar-refractivity contribution in [1.82, 2.24) is 0 Å². The molecule has 0 radical (unpaired) electrons. The molecule has 0 amide bonds. The molecular formula is C37H72O5. The Morgan fingerprint density at radius 3 is 1.33 bits per heavy atom. The third-order valence-corrected chi connectivity index (χ3v) is 8.69. The molecule has 250 valence electrons. The standard InChI is InChI=1S/C37H72O5/c1-4-6-7-8-9-10-18-21-24-27-30-36(39)41-33-35(32-38)42-37(40)31-28-25-22-19-16-14-12-11-13-15-17-20-23-26-29-34(3)5-2/h34-35,38H,4-33H2,1-3H3/t34?,35-/m0/s1. The maximum Gasteiger partial charge on any atom is 0.306 e. The lowest BCUT2D eigenvalue weighted by Gasteiger charge is -2.15. The van der Waals surface area contributed by atoms with E-state index in [0.29, 0.717) is 12.8 Å². The minimum atomic E-state index is -0.760. The summed E-state index contributed by atoms with van der Waals surface area (Å²) in [6.07, 6.45) is 33.0. The van der Waals surface area contributed by atoms with Gasteiger partial charge in [-0.1, -0.05) is 175 Å². The Morgan fingerprint density at radius 1 is 0.548 bits per heavy atom. The molecule has 1 N–H and O–H groups in total. The van der Waals surface area contributed by atoms with Crippen LogP contribution in [0.2, 0.25) is 0 Å². The van der Waals surface area contributed by atoms with Gasteiger partial charge in [0.2, 0.25) is 0 Å². The van der Waals surface area contributed by atoms with Crippen molar-refractivity contribution >= 4 is 11.9 Å². The number of hydrogen-bond donors (Lipinski definition) is 1. The topological polar surface area (TPSA) is 72.8 Å². The molecule has 42 heavy (non-hydrogen) atoms. The number of carbonyl (C=O) groups is 2. The second kappa shape index (κ2) is 32.8. The van der Waals surface area contributed by atoms with Crippen LogP contribution in [0.5, 0.6) is 0 Å². The first kappa shape index (κ1) is 40.9. The molecule has 0 aromatic rings. The molecule has 0 aromatic heterocycles. The second-order valence-electron chi connectivity index (χ2n) is 12.9. The van der Waals surface area contributed by atoms with E-state index >= 15 is 0 Å². The average molecular weight is 597 g/mol. The van der Waals surface area contributed by atoms with Crippen LogP contribution in [0.1, 0.15) is 201 Å². The highest BCUT2D eigenvalue weighted by Gasteiger charge is 2.16. The molecule has 0 spiro atoms. The number of rotatable bonds is 33. The first-order valence-electron chi connectivity index (χ1n) is 18.5. The van der Waals surface area contributed by atoms with Crippen LogP contribution in [0, 0.1) is 5.92 Å². The molecule has 5 nitrogen and oxygen atoms in total. The van der Waals surface area contributed by atoms with Crippen molar-refractivity contribution < 1.29 is 24.2 Å². The zero-order valence-electron chi connectivity index (χ0n) is 28.4. The van der Waals surface area contributed by atoms with Gasteiger partial charge < -0.3 is 14.6 Å². The van der Waals surface area contributed by atoms with Crippen LogP contribution < -0.4 is 0 Å². The minimum absolute atomic E-state index is 0.0583. The minimum Gasteiger partial charge on any atom is -0.462 e. The molecule has 0 saturated carbocycles. The highest BCUT2D eigenvalue weighted by molar-refractivity contribution is 5.70. The van der Waals surface area contributed by atoms with Crippen LogP contribution in [-0.2, 0) is 19.1 Å². The lowest BCUT2D eigenvalue weighted by molar-refractivity contribution is -0.161. The molecule has 0 bridgehead atoms. The normalized spacial score (nSPS) is 12.8. The number of ether oxygens (including phenoxy) is 2.